The predicted octanol–water partition coefficient (Wildman–Crippen LogP) is 21.8. The number of para-hydroxylation sites is 2. The maximum Gasteiger partial charge on any atom is 0.0991 e. The number of benzene rings is 4. The summed E-state index contributed by atoms with van der Waals surface area (Å²) >= 11 is 0. The van der Waals surface area contributed by atoms with E-state index in [1.54, 1.807) is 0 Å². The van der Waals surface area contributed by atoms with Gasteiger partial charge < -0.3 is 22.8 Å². The molecule has 0 saturated carbocycles. The highest BCUT2D eigenvalue weighted by Gasteiger charge is 2.42. The standard InChI is InChI=1S/C92H79N5/c1-2-67-88(93-78-41-21-15-35-68(78)69-36-16-22-42-79(69)93)90(96-84-51-47-63(59-27-7-3-8-28-59)55-74(84)75-56-64(48-52-85(75)96)60-29-9-4-10-30-60)92(95-82-45-25-19-39-72(82)73-40-20-26-46-83(73)95)91(89(67)94-80-43-23-17-37-70(80)71-38-18-24-44-81(71)94)97-86-53-49-65(61-31-11-5-12-32-61)57-76(86)77-58-66(50-54-87(77)97)62-33-13-6-14-34-62/h1,3,5,7-9,11-13,19-27,29-31,33-34,39-55,59,61,64-66H,4,6,10,14-18,28,32,35-38,56-58H2. The lowest BCUT2D eigenvalue weighted by Gasteiger charge is -2.33. The fourth-order valence-corrected chi connectivity index (χ4v) is 19.3. The Bertz CT molecular complexity index is 5340. The summed E-state index contributed by atoms with van der Waals surface area (Å²) in [5, 5.41) is 3.76. The summed E-state index contributed by atoms with van der Waals surface area (Å²) in [4.78, 5) is 0. The molecule has 5 heterocycles. The second kappa shape index (κ2) is 23.0. The lowest BCUT2D eigenvalue weighted by Crippen LogP contribution is -2.23. The van der Waals surface area contributed by atoms with Crippen molar-refractivity contribution in [3.63, 3.8) is 0 Å². The monoisotopic (exact) mass is 1250 g/mol. The molecule has 5 heteroatoms. The molecule has 4 aromatic carbocycles. The van der Waals surface area contributed by atoms with Crippen molar-refractivity contribution in [1.82, 2.24) is 22.8 Å². The van der Waals surface area contributed by atoms with Crippen LogP contribution in [0.15, 0.2) is 205 Å². The number of hydrogen-bond acceptors (Lipinski definition) is 0. The Labute approximate surface area is 569 Å². The Morgan fingerprint density at radius 3 is 1.34 bits per heavy atom. The van der Waals surface area contributed by atoms with Crippen LogP contribution in [-0.2, 0) is 44.9 Å². The fourth-order valence-electron chi connectivity index (χ4n) is 19.3. The summed E-state index contributed by atoms with van der Waals surface area (Å²) in [6, 6.07) is 26.1. The zero-order valence-corrected chi connectivity index (χ0v) is 55.2. The normalized spacial score (nSPS) is 22.0. The highest BCUT2D eigenvalue weighted by molar-refractivity contribution is 6.11. The second-order valence-electron chi connectivity index (χ2n) is 28.9. The van der Waals surface area contributed by atoms with Crippen molar-refractivity contribution >= 4 is 75.2 Å². The van der Waals surface area contributed by atoms with Gasteiger partial charge in [-0.25, -0.2) is 0 Å². The van der Waals surface area contributed by atoms with Gasteiger partial charge in [0, 0.05) is 73.8 Å². The van der Waals surface area contributed by atoms with Crippen LogP contribution in [0, 0.1) is 36.0 Å². The first kappa shape index (κ1) is 57.0. The minimum atomic E-state index is 0.231. The first-order valence-electron chi connectivity index (χ1n) is 36.4. The summed E-state index contributed by atoms with van der Waals surface area (Å²) in [5.74, 6) is 5.33. The van der Waals surface area contributed by atoms with Gasteiger partial charge in [0.1, 0.15) is 0 Å². The molecule has 0 fully saturated rings. The lowest BCUT2D eigenvalue weighted by molar-refractivity contribution is 0.469. The van der Waals surface area contributed by atoms with Gasteiger partial charge in [-0.3, -0.25) is 0 Å². The van der Waals surface area contributed by atoms with Crippen LogP contribution >= 0.6 is 0 Å². The van der Waals surface area contributed by atoms with E-state index in [2.05, 4.69) is 266 Å². The van der Waals surface area contributed by atoms with Gasteiger partial charge in [0.05, 0.1) is 50.6 Å². The van der Waals surface area contributed by atoms with E-state index < -0.39 is 0 Å². The molecule has 0 N–H and O–H groups in total. The second-order valence-corrected chi connectivity index (χ2v) is 28.9. The van der Waals surface area contributed by atoms with E-state index in [1.165, 1.54) is 117 Å². The third-order valence-corrected chi connectivity index (χ3v) is 23.7. The van der Waals surface area contributed by atoms with Crippen molar-refractivity contribution in [2.24, 2.45) is 23.7 Å². The van der Waals surface area contributed by atoms with Crippen molar-refractivity contribution in [1.29, 1.82) is 0 Å². The van der Waals surface area contributed by atoms with Gasteiger partial charge in [-0.2, -0.15) is 0 Å². The van der Waals surface area contributed by atoms with E-state index in [0.29, 0.717) is 11.8 Å². The number of rotatable bonds is 9. The lowest BCUT2D eigenvalue weighted by atomic mass is 9.77. The molecular weight excluding hydrogens is 1180 g/mol. The molecule has 11 aliphatic carbocycles. The molecule has 0 spiro atoms. The zero-order valence-electron chi connectivity index (χ0n) is 55.2. The third-order valence-electron chi connectivity index (χ3n) is 23.7. The fraction of sp³-hybridized carbons (Fsp3) is 0.239. The predicted molar refractivity (Wildman–Crippen MR) is 407 cm³/mol. The quantitative estimate of drug-likeness (QED) is 0.129. The minimum Gasteiger partial charge on any atom is -0.307 e. The van der Waals surface area contributed by atoms with Gasteiger partial charge in [0.2, 0.25) is 0 Å². The van der Waals surface area contributed by atoms with Crippen LogP contribution in [0.5, 0.6) is 0 Å². The average molecular weight is 1250 g/mol. The first-order chi connectivity index (χ1) is 48.1. The molecule has 0 radical (unpaired) electrons. The van der Waals surface area contributed by atoms with Gasteiger partial charge in [-0.15, -0.1) is 6.42 Å². The van der Waals surface area contributed by atoms with Crippen LogP contribution < -0.4 is 0 Å². The largest absolute Gasteiger partial charge is 0.307 e. The molecule has 5 aromatic heterocycles. The van der Waals surface area contributed by atoms with E-state index in [0.717, 1.165) is 154 Å². The van der Waals surface area contributed by atoms with Crippen LogP contribution in [0.2, 0.25) is 0 Å². The molecule has 9 aromatic rings. The van der Waals surface area contributed by atoms with Crippen LogP contribution in [0.4, 0.5) is 0 Å². The molecule has 97 heavy (non-hydrogen) atoms. The Morgan fingerprint density at radius 2 is 0.804 bits per heavy atom. The number of aromatic nitrogens is 5. The van der Waals surface area contributed by atoms with Crippen LogP contribution in [-0.4, -0.2) is 22.8 Å². The Balaban J connectivity index is 1.03. The molecule has 5 atom stereocenters. The maximum absolute atomic E-state index is 7.93. The van der Waals surface area contributed by atoms with Crippen LogP contribution in [0.1, 0.15) is 160 Å². The van der Waals surface area contributed by atoms with Crippen molar-refractivity contribution in [2.75, 3.05) is 0 Å². The average Bonchev–Trinajstić information content (AvgIpc) is 1.57. The number of terminal acetylenes is 1. The van der Waals surface area contributed by atoms with E-state index in [4.69, 9.17) is 6.42 Å². The topological polar surface area (TPSA) is 24.6 Å². The molecule has 0 saturated heterocycles. The summed E-state index contributed by atoms with van der Waals surface area (Å²) in [5.41, 5.74) is 33.0. The van der Waals surface area contributed by atoms with Gasteiger partial charge in [-0.1, -0.05) is 176 Å². The van der Waals surface area contributed by atoms with Gasteiger partial charge in [-0.05, 0) is 243 Å². The molecule has 0 aliphatic heterocycles. The van der Waals surface area contributed by atoms with E-state index >= 15 is 0 Å². The number of hydrogen-bond donors (Lipinski definition) is 0. The Hall–Kier alpha value is -10.3. The van der Waals surface area contributed by atoms with Gasteiger partial charge in [0.25, 0.3) is 0 Å². The van der Waals surface area contributed by atoms with Gasteiger partial charge in [0.15, 0.2) is 0 Å². The third kappa shape index (κ3) is 8.77. The van der Waals surface area contributed by atoms with Crippen molar-refractivity contribution in [2.45, 2.75) is 115 Å². The molecule has 472 valence electrons. The van der Waals surface area contributed by atoms with Crippen molar-refractivity contribution in [3.8, 4) is 40.8 Å². The highest BCUT2D eigenvalue weighted by Crippen LogP contribution is 2.54. The Morgan fingerprint density at radius 1 is 0.330 bits per heavy atom. The number of nitrogens with zero attached hydrogens (tertiary/aromatic N) is 5. The summed E-state index contributed by atoms with van der Waals surface area (Å²) < 4.78 is 13.7. The van der Waals surface area contributed by atoms with E-state index in [9.17, 15) is 0 Å². The van der Waals surface area contributed by atoms with E-state index in [-0.39, 0.29) is 17.8 Å². The molecule has 0 bridgehead atoms. The van der Waals surface area contributed by atoms with Crippen molar-refractivity contribution < 1.29 is 0 Å². The van der Waals surface area contributed by atoms with Crippen LogP contribution in [0.25, 0.3) is 104 Å². The summed E-state index contributed by atoms with van der Waals surface area (Å²) in [6.07, 6.45) is 93.2. The van der Waals surface area contributed by atoms with E-state index in [1.807, 2.05) is 0 Å². The van der Waals surface area contributed by atoms with Gasteiger partial charge >= 0.3 is 0 Å². The summed E-state index contributed by atoms with van der Waals surface area (Å²) in [6.45, 7) is 0. The maximum atomic E-state index is 7.93. The molecule has 5 unspecified atom stereocenters. The first-order valence-corrected chi connectivity index (χ1v) is 36.4. The minimum absolute atomic E-state index is 0.231. The molecule has 20 rings (SSSR count). The molecule has 0 amide bonds. The van der Waals surface area contributed by atoms with Crippen molar-refractivity contribution in [3.05, 3.63) is 295 Å². The molecule has 11 aliphatic rings. The number of allylic oxidation sites excluding steroid dienone is 23. The van der Waals surface area contributed by atoms with Crippen LogP contribution in [0.3, 0.4) is 0 Å². The Kier molecular flexibility index (Phi) is 13.5. The summed E-state index contributed by atoms with van der Waals surface area (Å²) in [7, 11) is 0. The zero-order chi connectivity index (χ0) is 63.8. The number of fused-ring (bicyclic) bond motifs is 15. The smallest absolute Gasteiger partial charge is 0.0991 e. The molecular formula is C92H79N5. The molecule has 5 nitrogen and oxygen atoms in total. The highest BCUT2D eigenvalue weighted by atomic mass is 15.2. The SMILES string of the molecule is C#Cc1c(-n2c3c(c4c2C=CCC4)CCC=C3)c(-n2c3c(c4c2C=CC(C2C=CC=CC2)C4)CC(C2=CCCC=C2)C=C3)c(-n2c3ccccc3c3ccccc32)c(-n2c3c(c4cc(C5C=CC=CC5)ccc42)CC(C2=CCCC=C2)C=C3)c1-n1c2c(c3c1C=CCC3)CCC=C2.